The summed E-state index contributed by atoms with van der Waals surface area (Å²) in [7, 11) is 0. The fraction of sp³-hybridized carbons (Fsp3) is 0.438. The SMILES string of the molecule is CC(=O)NC(C(=O)OCc1ccccc1)C(=O)OCC(C)C. The van der Waals surface area contributed by atoms with E-state index >= 15 is 0 Å². The Morgan fingerprint density at radius 3 is 2.18 bits per heavy atom. The highest BCUT2D eigenvalue weighted by Crippen LogP contribution is 2.04. The van der Waals surface area contributed by atoms with Gasteiger partial charge >= 0.3 is 11.9 Å². The summed E-state index contributed by atoms with van der Waals surface area (Å²) < 4.78 is 10.0. The number of amides is 1. The quantitative estimate of drug-likeness (QED) is 0.609. The van der Waals surface area contributed by atoms with E-state index in [0.29, 0.717) is 0 Å². The molecule has 0 fully saturated rings. The zero-order valence-corrected chi connectivity index (χ0v) is 13.0. The van der Waals surface area contributed by atoms with Gasteiger partial charge in [0.15, 0.2) is 0 Å². The van der Waals surface area contributed by atoms with E-state index in [2.05, 4.69) is 5.32 Å². The fourth-order valence-corrected chi connectivity index (χ4v) is 1.56. The van der Waals surface area contributed by atoms with Crippen LogP contribution in [0.3, 0.4) is 0 Å². The van der Waals surface area contributed by atoms with Crippen molar-refractivity contribution in [3.8, 4) is 0 Å². The molecule has 0 bridgehead atoms. The molecule has 1 rings (SSSR count). The molecule has 1 N–H and O–H groups in total. The van der Waals surface area contributed by atoms with Crippen molar-refractivity contribution in [2.45, 2.75) is 33.4 Å². The molecule has 0 aromatic heterocycles. The predicted molar refractivity (Wildman–Crippen MR) is 79.6 cm³/mol. The number of benzene rings is 1. The number of hydrogen-bond donors (Lipinski definition) is 1. The fourth-order valence-electron chi connectivity index (χ4n) is 1.56. The van der Waals surface area contributed by atoms with Gasteiger partial charge < -0.3 is 14.8 Å². The van der Waals surface area contributed by atoms with E-state index in [1.807, 2.05) is 32.0 Å². The molecule has 6 nitrogen and oxygen atoms in total. The summed E-state index contributed by atoms with van der Waals surface area (Å²) in [5.74, 6) is -2.04. The number of ether oxygens (including phenoxy) is 2. The molecule has 0 saturated heterocycles. The molecule has 0 saturated carbocycles. The van der Waals surface area contributed by atoms with Crippen LogP contribution >= 0.6 is 0 Å². The number of hydrogen-bond acceptors (Lipinski definition) is 5. The van der Waals surface area contributed by atoms with E-state index < -0.39 is 23.9 Å². The van der Waals surface area contributed by atoms with Gasteiger partial charge in [-0.2, -0.15) is 0 Å². The van der Waals surface area contributed by atoms with Gasteiger partial charge in [-0.05, 0) is 11.5 Å². The van der Waals surface area contributed by atoms with Crippen LogP contribution in [0.25, 0.3) is 0 Å². The van der Waals surface area contributed by atoms with Gasteiger partial charge in [-0.1, -0.05) is 44.2 Å². The van der Waals surface area contributed by atoms with Gasteiger partial charge in [-0.25, -0.2) is 9.59 Å². The Hall–Kier alpha value is -2.37. The van der Waals surface area contributed by atoms with Crippen molar-refractivity contribution in [3.05, 3.63) is 35.9 Å². The molecule has 0 spiro atoms. The summed E-state index contributed by atoms with van der Waals surface area (Å²) >= 11 is 0. The van der Waals surface area contributed by atoms with E-state index in [4.69, 9.17) is 9.47 Å². The summed E-state index contributed by atoms with van der Waals surface area (Å²) in [5, 5.41) is 2.25. The van der Waals surface area contributed by atoms with Crippen molar-refractivity contribution in [3.63, 3.8) is 0 Å². The summed E-state index contributed by atoms with van der Waals surface area (Å²) in [6.45, 7) is 5.14. The van der Waals surface area contributed by atoms with Crippen molar-refractivity contribution in [1.82, 2.24) is 5.32 Å². The highest BCUT2D eigenvalue weighted by atomic mass is 16.6. The lowest BCUT2D eigenvalue weighted by molar-refractivity contribution is -0.161. The van der Waals surface area contributed by atoms with Crippen molar-refractivity contribution < 1.29 is 23.9 Å². The zero-order chi connectivity index (χ0) is 16.5. The smallest absolute Gasteiger partial charge is 0.340 e. The first-order valence-corrected chi connectivity index (χ1v) is 7.04. The number of esters is 2. The lowest BCUT2D eigenvalue weighted by atomic mass is 10.2. The highest BCUT2D eigenvalue weighted by Gasteiger charge is 2.30. The molecule has 1 atom stereocenters. The Labute approximate surface area is 129 Å². The third kappa shape index (κ3) is 6.39. The second-order valence-electron chi connectivity index (χ2n) is 5.25. The predicted octanol–water partition coefficient (Wildman–Crippen LogP) is 1.43. The molecule has 1 amide bonds. The Morgan fingerprint density at radius 1 is 1.05 bits per heavy atom. The standard InChI is InChI=1S/C16H21NO5/c1-11(2)9-21-15(19)14(17-12(3)18)16(20)22-10-13-7-5-4-6-8-13/h4-8,11,14H,9-10H2,1-3H3,(H,17,18). The average molecular weight is 307 g/mol. The van der Waals surface area contributed by atoms with Crippen LogP contribution in [-0.4, -0.2) is 30.5 Å². The number of rotatable bonds is 7. The molecule has 1 aromatic carbocycles. The van der Waals surface area contributed by atoms with E-state index in [9.17, 15) is 14.4 Å². The van der Waals surface area contributed by atoms with Crippen LogP contribution in [0.2, 0.25) is 0 Å². The van der Waals surface area contributed by atoms with Crippen LogP contribution in [0.1, 0.15) is 26.3 Å². The van der Waals surface area contributed by atoms with Crippen LogP contribution in [-0.2, 0) is 30.5 Å². The number of carbonyl (C=O) groups excluding carboxylic acids is 3. The molecule has 120 valence electrons. The summed E-state index contributed by atoms with van der Waals surface area (Å²) in [4.78, 5) is 35.0. The maximum absolute atomic E-state index is 12.0. The van der Waals surface area contributed by atoms with E-state index in [-0.39, 0.29) is 19.1 Å². The van der Waals surface area contributed by atoms with E-state index in [1.165, 1.54) is 6.92 Å². The van der Waals surface area contributed by atoms with Gasteiger partial charge in [0, 0.05) is 6.92 Å². The molecular formula is C16H21NO5. The largest absolute Gasteiger partial charge is 0.463 e. The molecule has 22 heavy (non-hydrogen) atoms. The van der Waals surface area contributed by atoms with E-state index in [1.54, 1.807) is 12.1 Å². The minimum atomic E-state index is -1.44. The zero-order valence-electron chi connectivity index (χ0n) is 13.0. The van der Waals surface area contributed by atoms with Crippen LogP contribution in [0.5, 0.6) is 0 Å². The molecule has 6 heteroatoms. The van der Waals surface area contributed by atoms with Crippen molar-refractivity contribution in [2.24, 2.45) is 5.92 Å². The van der Waals surface area contributed by atoms with Gasteiger partial charge in [0.2, 0.25) is 11.9 Å². The Balaban J connectivity index is 2.63. The summed E-state index contributed by atoms with van der Waals surface area (Å²) in [6, 6.07) is 7.60. The minimum absolute atomic E-state index is 0.0211. The van der Waals surface area contributed by atoms with Crippen LogP contribution < -0.4 is 5.32 Å². The molecule has 0 radical (unpaired) electrons. The Kier molecular flexibility index (Phi) is 7.08. The van der Waals surface area contributed by atoms with Gasteiger partial charge in [-0.3, -0.25) is 4.79 Å². The molecule has 0 aliphatic heterocycles. The van der Waals surface area contributed by atoms with Crippen molar-refractivity contribution in [1.29, 1.82) is 0 Å². The van der Waals surface area contributed by atoms with Gasteiger partial charge in [-0.15, -0.1) is 0 Å². The second kappa shape index (κ2) is 8.81. The summed E-state index contributed by atoms with van der Waals surface area (Å²) in [6.07, 6.45) is 0. The summed E-state index contributed by atoms with van der Waals surface area (Å²) in [5.41, 5.74) is 0.785. The lowest BCUT2D eigenvalue weighted by Crippen LogP contribution is -2.47. The van der Waals surface area contributed by atoms with E-state index in [0.717, 1.165) is 5.56 Å². The second-order valence-corrected chi connectivity index (χ2v) is 5.25. The molecule has 1 unspecified atom stereocenters. The van der Waals surface area contributed by atoms with Gasteiger partial charge in [0.05, 0.1) is 6.61 Å². The number of nitrogens with one attached hydrogen (secondary N) is 1. The highest BCUT2D eigenvalue weighted by molar-refractivity contribution is 6.02. The Morgan fingerprint density at radius 2 is 1.64 bits per heavy atom. The average Bonchev–Trinajstić information content (AvgIpc) is 2.48. The monoisotopic (exact) mass is 307 g/mol. The molecule has 0 aliphatic carbocycles. The van der Waals surface area contributed by atoms with Gasteiger partial charge in [0.25, 0.3) is 0 Å². The third-order valence-corrected chi connectivity index (χ3v) is 2.60. The first-order valence-electron chi connectivity index (χ1n) is 7.04. The maximum Gasteiger partial charge on any atom is 0.340 e. The first-order chi connectivity index (χ1) is 10.4. The van der Waals surface area contributed by atoms with Crippen LogP contribution in [0, 0.1) is 5.92 Å². The minimum Gasteiger partial charge on any atom is -0.463 e. The normalized spacial score (nSPS) is 11.6. The topological polar surface area (TPSA) is 81.7 Å². The van der Waals surface area contributed by atoms with Crippen molar-refractivity contribution >= 4 is 17.8 Å². The molecule has 1 aromatic rings. The maximum atomic E-state index is 12.0. The lowest BCUT2D eigenvalue weighted by Gasteiger charge is -2.16. The van der Waals surface area contributed by atoms with Crippen molar-refractivity contribution in [2.75, 3.05) is 6.61 Å². The molecular weight excluding hydrogens is 286 g/mol. The van der Waals surface area contributed by atoms with Crippen LogP contribution in [0.15, 0.2) is 30.3 Å². The van der Waals surface area contributed by atoms with Gasteiger partial charge in [0.1, 0.15) is 6.61 Å². The molecule has 0 aliphatic rings. The third-order valence-electron chi connectivity index (χ3n) is 2.60. The molecule has 0 heterocycles. The number of carbonyl (C=O) groups is 3. The van der Waals surface area contributed by atoms with Crippen LogP contribution in [0.4, 0.5) is 0 Å². The Bertz CT molecular complexity index is 513. The first kappa shape index (κ1) is 17.7.